The summed E-state index contributed by atoms with van der Waals surface area (Å²) in [6.07, 6.45) is 9.97. The molecular formula is C24H29N7O4. The number of primary amides is 1. The van der Waals surface area contributed by atoms with E-state index < -0.39 is 5.91 Å². The van der Waals surface area contributed by atoms with E-state index in [9.17, 15) is 9.59 Å². The van der Waals surface area contributed by atoms with Gasteiger partial charge in [0.1, 0.15) is 11.7 Å². The maximum Gasteiger partial charge on any atom is 0.255 e. The Bertz CT molecular complexity index is 1220. The molecule has 35 heavy (non-hydrogen) atoms. The minimum Gasteiger partial charge on any atom is -0.481 e. The lowest BCUT2D eigenvalue weighted by Gasteiger charge is -2.29. The first-order chi connectivity index (χ1) is 16.9. The van der Waals surface area contributed by atoms with Crippen LogP contribution in [0.1, 0.15) is 71.0 Å². The third-order valence-electron chi connectivity index (χ3n) is 6.60. The van der Waals surface area contributed by atoms with Gasteiger partial charge in [0, 0.05) is 18.3 Å². The number of carbonyl (C=O) groups excluding carboxylic acids is 2. The van der Waals surface area contributed by atoms with Crippen LogP contribution in [-0.4, -0.2) is 55.6 Å². The van der Waals surface area contributed by atoms with Crippen molar-refractivity contribution in [2.24, 2.45) is 5.73 Å². The van der Waals surface area contributed by atoms with Crippen LogP contribution in [0.5, 0.6) is 11.8 Å². The van der Waals surface area contributed by atoms with Crippen LogP contribution in [0.2, 0.25) is 0 Å². The molecule has 0 aromatic carbocycles. The molecule has 2 fully saturated rings. The smallest absolute Gasteiger partial charge is 0.255 e. The van der Waals surface area contributed by atoms with E-state index in [0.717, 1.165) is 49.9 Å². The number of rotatable bonds is 8. The summed E-state index contributed by atoms with van der Waals surface area (Å²) in [5.74, 6) is 0.138. The van der Waals surface area contributed by atoms with Gasteiger partial charge in [-0.1, -0.05) is 0 Å². The van der Waals surface area contributed by atoms with Crippen molar-refractivity contribution in [1.29, 1.82) is 0 Å². The summed E-state index contributed by atoms with van der Waals surface area (Å²) in [7, 11) is 1.56. The van der Waals surface area contributed by atoms with Crippen LogP contribution in [0.3, 0.4) is 0 Å². The molecule has 3 N–H and O–H groups in total. The average molecular weight is 480 g/mol. The Balaban J connectivity index is 1.17. The van der Waals surface area contributed by atoms with Gasteiger partial charge in [0.2, 0.25) is 11.8 Å². The highest BCUT2D eigenvalue weighted by atomic mass is 16.5. The molecule has 2 saturated carbocycles. The van der Waals surface area contributed by atoms with Crippen LogP contribution in [0, 0.1) is 6.92 Å². The zero-order valence-electron chi connectivity index (χ0n) is 19.8. The quantitative estimate of drug-likeness (QED) is 0.505. The first-order valence-corrected chi connectivity index (χ1v) is 11.8. The second kappa shape index (κ2) is 9.40. The molecule has 2 aliphatic carbocycles. The molecule has 0 saturated heterocycles. The molecule has 184 valence electrons. The van der Waals surface area contributed by atoms with Gasteiger partial charge in [-0.25, -0.2) is 9.67 Å². The number of carbonyl (C=O) groups is 2. The molecule has 5 rings (SSSR count). The monoisotopic (exact) mass is 479 g/mol. The number of hydrogen-bond donors (Lipinski definition) is 2. The van der Waals surface area contributed by atoms with Gasteiger partial charge < -0.3 is 20.5 Å². The Morgan fingerprint density at radius 1 is 1.09 bits per heavy atom. The number of nitrogens with zero attached hydrogens (tertiary/aromatic N) is 5. The molecule has 3 aromatic rings. The highest BCUT2D eigenvalue weighted by Gasteiger charge is 2.30. The number of nitrogens with two attached hydrogens (primary N) is 1. The Morgan fingerprint density at radius 3 is 2.49 bits per heavy atom. The summed E-state index contributed by atoms with van der Waals surface area (Å²) in [5.41, 5.74) is 7.85. The van der Waals surface area contributed by atoms with Crippen LogP contribution in [0.15, 0.2) is 30.7 Å². The van der Waals surface area contributed by atoms with E-state index in [4.69, 9.17) is 15.2 Å². The SMILES string of the molecule is COc1ccc(-n2ncc(C(=O)N[C@H]3CC[C@H](Oc4nn(C5CC5)cc4C(N)=O)CC3)c2C)cn1. The number of amides is 2. The molecule has 0 bridgehead atoms. The molecule has 0 spiro atoms. The van der Waals surface area contributed by atoms with E-state index in [0.29, 0.717) is 28.9 Å². The third kappa shape index (κ3) is 4.84. The summed E-state index contributed by atoms with van der Waals surface area (Å²) < 4.78 is 14.6. The van der Waals surface area contributed by atoms with Crippen molar-refractivity contribution in [2.75, 3.05) is 7.11 Å². The Labute approximate surface area is 202 Å². The Morgan fingerprint density at radius 2 is 1.86 bits per heavy atom. The van der Waals surface area contributed by atoms with Gasteiger partial charge in [-0.15, -0.1) is 5.10 Å². The molecule has 2 aliphatic rings. The standard InChI is InChI=1S/C24H29N7O4/c1-14-19(12-27-31(14)17-7-10-21(34-2)26-11-17)23(33)28-15-3-8-18(9-4-15)35-24-20(22(25)32)13-30(29-24)16-5-6-16/h7,10-13,15-16,18H,3-6,8-9H2,1-2H3,(H2,25,32)(H,28,33)/t15-,18-. The summed E-state index contributed by atoms with van der Waals surface area (Å²) in [6, 6.07) is 3.96. The fourth-order valence-corrected chi connectivity index (χ4v) is 4.41. The summed E-state index contributed by atoms with van der Waals surface area (Å²) in [5, 5.41) is 11.9. The van der Waals surface area contributed by atoms with Crippen LogP contribution < -0.4 is 20.5 Å². The number of pyridine rings is 1. The predicted molar refractivity (Wildman–Crippen MR) is 126 cm³/mol. The molecule has 11 heteroatoms. The molecule has 11 nitrogen and oxygen atoms in total. The molecule has 0 aliphatic heterocycles. The van der Waals surface area contributed by atoms with Gasteiger partial charge in [-0.2, -0.15) is 5.10 Å². The second-order valence-electron chi connectivity index (χ2n) is 9.10. The predicted octanol–water partition coefficient (Wildman–Crippen LogP) is 2.33. The van der Waals surface area contributed by atoms with Gasteiger partial charge in [-0.05, 0) is 51.5 Å². The fourth-order valence-electron chi connectivity index (χ4n) is 4.41. The van der Waals surface area contributed by atoms with E-state index in [1.54, 1.807) is 41.1 Å². The van der Waals surface area contributed by atoms with Gasteiger partial charge in [0.05, 0.1) is 42.5 Å². The first kappa shape index (κ1) is 22.9. The maximum absolute atomic E-state index is 12.9. The van der Waals surface area contributed by atoms with Crippen molar-refractivity contribution in [3.8, 4) is 17.4 Å². The van der Waals surface area contributed by atoms with E-state index in [1.165, 1.54) is 0 Å². The van der Waals surface area contributed by atoms with Crippen LogP contribution in [0.4, 0.5) is 0 Å². The topological polar surface area (TPSA) is 139 Å². The largest absolute Gasteiger partial charge is 0.481 e. The number of methoxy groups -OCH3 is 1. The van der Waals surface area contributed by atoms with E-state index in [2.05, 4.69) is 20.5 Å². The minimum atomic E-state index is -0.533. The van der Waals surface area contributed by atoms with Crippen molar-refractivity contribution in [3.05, 3.63) is 47.5 Å². The number of aromatic nitrogens is 5. The summed E-state index contributed by atoms with van der Waals surface area (Å²) in [4.78, 5) is 29.0. The van der Waals surface area contributed by atoms with Crippen molar-refractivity contribution in [2.45, 2.75) is 63.6 Å². The lowest BCUT2D eigenvalue weighted by molar-refractivity contribution is 0.0880. The third-order valence-corrected chi connectivity index (χ3v) is 6.60. The molecule has 2 amide bonds. The van der Waals surface area contributed by atoms with Gasteiger partial charge in [0.25, 0.3) is 11.8 Å². The number of ether oxygens (including phenoxy) is 2. The van der Waals surface area contributed by atoms with Crippen molar-refractivity contribution < 1.29 is 19.1 Å². The van der Waals surface area contributed by atoms with Gasteiger partial charge in [0.15, 0.2) is 0 Å². The molecular weight excluding hydrogens is 450 g/mol. The number of hydrogen-bond acceptors (Lipinski definition) is 7. The van der Waals surface area contributed by atoms with Crippen molar-refractivity contribution in [3.63, 3.8) is 0 Å². The Kier molecular flexibility index (Phi) is 6.14. The molecule has 0 radical (unpaired) electrons. The van der Waals surface area contributed by atoms with Crippen LogP contribution >= 0.6 is 0 Å². The first-order valence-electron chi connectivity index (χ1n) is 11.8. The fraction of sp³-hybridized carbons (Fsp3) is 0.458. The molecule has 3 heterocycles. The normalized spacial score (nSPS) is 19.8. The number of nitrogens with one attached hydrogen (secondary N) is 1. The van der Waals surface area contributed by atoms with E-state index in [1.807, 2.05) is 13.0 Å². The highest BCUT2D eigenvalue weighted by molar-refractivity contribution is 5.95. The van der Waals surface area contributed by atoms with Gasteiger partial charge in [-0.3, -0.25) is 14.3 Å². The Hall–Kier alpha value is -3.89. The van der Waals surface area contributed by atoms with E-state index in [-0.39, 0.29) is 18.1 Å². The lowest BCUT2D eigenvalue weighted by Crippen LogP contribution is -2.40. The van der Waals surface area contributed by atoms with Crippen molar-refractivity contribution in [1.82, 2.24) is 29.9 Å². The van der Waals surface area contributed by atoms with E-state index >= 15 is 0 Å². The second-order valence-corrected chi connectivity index (χ2v) is 9.10. The summed E-state index contributed by atoms with van der Waals surface area (Å²) in [6.45, 7) is 1.86. The summed E-state index contributed by atoms with van der Waals surface area (Å²) >= 11 is 0. The molecule has 0 atom stereocenters. The lowest BCUT2D eigenvalue weighted by atomic mass is 9.92. The zero-order chi connectivity index (χ0) is 24.5. The minimum absolute atomic E-state index is 0.0346. The molecule has 3 aromatic heterocycles. The van der Waals surface area contributed by atoms with Gasteiger partial charge >= 0.3 is 0 Å². The average Bonchev–Trinajstić information content (AvgIpc) is 3.51. The van der Waals surface area contributed by atoms with Crippen LogP contribution in [-0.2, 0) is 0 Å². The van der Waals surface area contributed by atoms with Crippen molar-refractivity contribution >= 4 is 11.8 Å². The zero-order valence-corrected chi connectivity index (χ0v) is 19.8. The maximum atomic E-state index is 12.9. The molecule has 0 unspecified atom stereocenters. The highest BCUT2D eigenvalue weighted by Crippen LogP contribution is 2.36. The van der Waals surface area contributed by atoms with Crippen LogP contribution in [0.25, 0.3) is 5.69 Å².